The van der Waals surface area contributed by atoms with Gasteiger partial charge in [0.1, 0.15) is 0 Å². The Hall–Kier alpha value is -2.20. The molecule has 31 heavy (non-hydrogen) atoms. The van der Waals surface area contributed by atoms with E-state index in [1.54, 1.807) is 12.4 Å². The Balaban J connectivity index is 1.66. The minimum atomic E-state index is 0.695. The summed E-state index contributed by atoms with van der Waals surface area (Å²) >= 11 is 0. The van der Waals surface area contributed by atoms with Crippen molar-refractivity contribution in [2.24, 2.45) is 0 Å². The van der Waals surface area contributed by atoms with Crippen LogP contribution in [0.1, 0.15) is 77.2 Å². The monoisotopic (exact) mass is 424 g/mol. The molecule has 0 aliphatic rings. The van der Waals surface area contributed by atoms with E-state index in [4.69, 9.17) is 9.47 Å². The molecule has 0 saturated heterocycles. The molecule has 0 spiro atoms. The van der Waals surface area contributed by atoms with Crippen LogP contribution in [0.2, 0.25) is 0 Å². The van der Waals surface area contributed by atoms with Gasteiger partial charge < -0.3 is 9.47 Å². The average molecular weight is 425 g/mol. The van der Waals surface area contributed by atoms with Crippen LogP contribution in [-0.4, -0.2) is 29.8 Å². The minimum absolute atomic E-state index is 0.695. The van der Waals surface area contributed by atoms with Gasteiger partial charge in [-0.1, -0.05) is 69.5 Å². The van der Waals surface area contributed by atoms with Crippen molar-refractivity contribution in [3.63, 3.8) is 0 Å². The molecule has 0 unspecified atom stereocenters. The van der Waals surface area contributed by atoms with E-state index in [2.05, 4.69) is 60.2 Å². The Morgan fingerprint density at radius 3 is 2.19 bits per heavy atom. The number of allylic oxidation sites excluding steroid dienone is 2. The van der Waals surface area contributed by atoms with Crippen LogP contribution < -0.4 is 4.74 Å². The fourth-order valence-electron chi connectivity index (χ4n) is 3.27. The van der Waals surface area contributed by atoms with Crippen molar-refractivity contribution in [1.82, 2.24) is 9.97 Å². The van der Waals surface area contributed by atoms with Gasteiger partial charge in [0.25, 0.3) is 0 Å². The number of hydrogen-bond donors (Lipinski definition) is 0. The zero-order chi connectivity index (χ0) is 22.0. The van der Waals surface area contributed by atoms with Gasteiger partial charge in [0, 0.05) is 18.8 Å². The molecule has 1 heterocycles. The Labute approximate surface area is 189 Å². The maximum atomic E-state index is 5.76. The van der Waals surface area contributed by atoms with Crippen molar-refractivity contribution in [2.75, 3.05) is 19.8 Å². The van der Waals surface area contributed by atoms with Gasteiger partial charge in [0.05, 0.1) is 19.0 Å². The summed E-state index contributed by atoms with van der Waals surface area (Å²) < 4.78 is 11.3. The Bertz CT molecular complexity index is 711. The van der Waals surface area contributed by atoms with Crippen molar-refractivity contribution in [3.8, 4) is 17.1 Å². The van der Waals surface area contributed by atoms with Crippen LogP contribution in [0.3, 0.4) is 0 Å². The van der Waals surface area contributed by atoms with Crippen LogP contribution in [-0.2, 0) is 11.2 Å². The lowest BCUT2D eigenvalue weighted by Gasteiger charge is -2.07. The molecule has 0 bridgehead atoms. The SMILES string of the molecule is CCCCC=CCCCOc1cnc(-c2ccc(CCCCCOCCC)cc2)nc1. The highest BCUT2D eigenvalue weighted by atomic mass is 16.5. The smallest absolute Gasteiger partial charge is 0.159 e. The number of rotatable bonds is 17. The molecular formula is C27H40N2O2. The van der Waals surface area contributed by atoms with E-state index in [9.17, 15) is 0 Å². The van der Waals surface area contributed by atoms with Gasteiger partial charge in [-0.2, -0.15) is 0 Å². The molecule has 4 heteroatoms. The summed E-state index contributed by atoms with van der Waals surface area (Å²) in [5.74, 6) is 1.48. The Morgan fingerprint density at radius 2 is 1.48 bits per heavy atom. The number of benzene rings is 1. The summed E-state index contributed by atoms with van der Waals surface area (Å²) in [6, 6.07) is 8.59. The van der Waals surface area contributed by atoms with Crippen LogP contribution in [0.25, 0.3) is 11.4 Å². The molecule has 0 aliphatic heterocycles. The highest BCUT2D eigenvalue weighted by molar-refractivity contribution is 5.55. The molecule has 0 fully saturated rings. The van der Waals surface area contributed by atoms with E-state index in [1.807, 2.05) is 0 Å². The predicted molar refractivity (Wildman–Crippen MR) is 130 cm³/mol. The van der Waals surface area contributed by atoms with Gasteiger partial charge in [-0.05, 0) is 50.5 Å². The van der Waals surface area contributed by atoms with Gasteiger partial charge in [0.2, 0.25) is 0 Å². The first-order chi connectivity index (χ1) is 15.3. The standard InChI is InChI=1S/C27H40N2O2/c1-3-5-6-7-8-9-13-21-31-26-22-28-27(29-23-26)25-17-15-24(16-18-25)14-11-10-12-20-30-19-4-2/h7-8,15-18,22-23H,3-6,9-14,19-21H2,1-2H3. The van der Waals surface area contributed by atoms with Crippen LogP contribution in [0.4, 0.5) is 0 Å². The summed E-state index contributed by atoms with van der Waals surface area (Å²) in [5, 5.41) is 0. The lowest BCUT2D eigenvalue weighted by molar-refractivity contribution is 0.130. The third kappa shape index (κ3) is 11.1. The third-order valence-corrected chi connectivity index (χ3v) is 5.12. The molecule has 0 saturated carbocycles. The Morgan fingerprint density at radius 1 is 0.742 bits per heavy atom. The first-order valence-corrected chi connectivity index (χ1v) is 12.1. The molecule has 0 atom stereocenters. The van der Waals surface area contributed by atoms with Crippen molar-refractivity contribution in [1.29, 1.82) is 0 Å². The summed E-state index contributed by atoms with van der Waals surface area (Å²) in [6.45, 7) is 6.83. The van der Waals surface area contributed by atoms with Crippen molar-refractivity contribution in [2.45, 2.75) is 78.1 Å². The summed E-state index contributed by atoms with van der Waals surface area (Å²) in [6.07, 6.45) is 19.6. The van der Waals surface area contributed by atoms with Crippen molar-refractivity contribution >= 4 is 0 Å². The van der Waals surface area contributed by atoms with E-state index in [0.717, 1.165) is 62.5 Å². The maximum Gasteiger partial charge on any atom is 0.159 e. The van der Waals surface area contributed by atoms with Gasteiger partial charge >= 0.3 is 0 Å². The van der Waals surface area contributed by atoms with E-state index < -0.39 is 0 Å². The third-order valence-electron chi connectivity index (χ3n) is 5.12. The van der Waals surface area contributed by atoms with E-state index in [0.29, 0.717) is 6.61 Å². The molecule has 1 aromatic heterocycles. The average Bonchev–Trinajstić information content (AvgIpc) is 2.81. The highest BCUT2D eigenvalue weighted by Gasteiger charge is 2.03. The van der Waals surface area contributed by atoms with Crippen molar-refractivity contribution in [3.05, 3.63) is 54.4 Å². The van der Waals surface area contributed by atoms with Crippen LogP contribution in [0.15, 0.2) is 48.8 Å². The van der Waals surface area contributed by atoms with Crippen molar-refractivity contribution < 1.29 is 9.47 Å². The highest BCUT2D eigenvalue weighted by Crippen LogP contribution is 2.18. The Kier molecular flexibility index (Phi) is 13.3. The van der Waals surface area contributed by atoms with E-state index in [1.165, 1.54) is 37.7 Å². The number of aryl methyl sites for hydroxylation is 1. The first kappa shape index (κ1) is 25.1. The van der Waals surface area contributed by atoms with Gasteiger partial charge in [0.15, 0.2) is 11.6 Å². The number of hydrogen-bond acceptors (Lipinski definition) is 4. The summed E-state index contributed by atoms with van der Waals surface area (Å²) in [7, 11) is 0. The topological polar surface area (TPSA) is 44.2 Å². The quantitative estimate of drug-likeness (QED) is 0.199. The molecule has 170 valence electrons. The van der Waals surface area contributed by atoms with Gasteiger partial charge in [-0.25, -0.2) is 9.97 Å². The number of ether oxygens (including phenoxy) is 2. The lowest BCUT2D eigenvalue weighted by Crippen LogP contribution is -1.98. The molecule has 2 rings (SSSR count). The number of nitrogens with zero attached hydrogens (tertiary/aromatic N) is 2. The van der Waals surface area contributed by atoms with Gasteiger partial charge in [-0.3, -0.25) is 0 Å². The van der Waals surface area contributed by atoms with Crippen LogP contribution in [0, 0.1) is 0 Å². The molecule has 0 radical (unpaired) electrons. The molecule has 0 N–H and O–H groups in total. The molecular weight excluding hydrogens is 384 g/mol. The lowest BCUT2D eigenvalue weighted by atomic mass is 10.0. The summed E-state index contributed by atoms with van der Waals surface area (Å²) in [4.78, 5) is 8.95. The molecule has 0 amide bonds. The van der Waals surface area contributed by atoms with E-state index >= 15 is 0 Å². The van der Waals surface area contributed by atoms with Crippen LogP contribution >= 0.6 is 0 Å². The van der Waals surface area contributed by atoms with Gasteiger partial charge in [-0.15, -0.1) is 0 Å². The first-order valence-electron chi connectivity index (χ1n) is 12.1. The number of aromatic nitrogens is 2. The second-order valence-electron chi connectivity index (χ2n) is 7.97. The zero-order valence-corrected chi connectivity index (χ0v) is 19.5. The van der Waals surface area contributed by atoms with E-state index in [-0.39, 0.29) is 0 Å². The van der Waals surface area contributed by atoms with Crippen LogP contribution in [0.5, 0.6) is 5.75 Å². The zero-order valence-electron chi connectivity index (χ0n) is 19.5. The predicted octanol–water partition coefficient (Wildman–Crippen LogP) is 7.19. The molecule has 4 nitrogen and oxygen atoms in total. The summed E-state index contributed by atoms with van der Waals surface area (Å²) in [5.41, 5.74) is 2.41. The fraction of sp³-hybridized carbons (Fsp3) is 0.556. The number of unbranched alkanes of at least 4 members (excludes halogenated alkanes) is 5. The molecule has 2 aromatic rings. The largest absolute Gasteiger partial charge is 0.490 e. The maximum absolute atomic E-state index is 5.76. The fourth-order valence-corrected chi connectivity index (χ4v) is 3.27. The second kappa shape index (κ2) is 16.5. The minimum Gasteiger partial charge on any atom is -0.490 e. The molecule has 1 aromatic carbocycles. The molecule has 0 aliphatic carbocycles. The normalized spacial score (nSPS) is 11.3. The second-order valence-corrected chi connectivity index (χ2v) is 7.97.